The first-order chi connectivity index (χ1) is 18.5. The SMILES string of the molecule is Cc1cc(Nc2nc(Nc3cc(C)c(C4CCN(Cc5noc(C(C)(C)C)n5)CC4)cc3C)ncc2Cl)n[nH]1. The van der Waals surface area contributed by atoms with Crippen molar-refractivity contribution in [3.8, 4) is 0 Å². The van der Waals surface area contributed by atoms with Gasteiger partial charge in [0.05, 0.1) is 12.7 Å². The van der Waals surface area contributed by atoms with Gasteiger partial charge in [-0.05, 0) is 75.4 Å². The Kier molecular flexibility index (Phi) is 7.59. The van der Waals surface area contributed by atoms with Crippen LogP contribution in [0.4, 0.5) is 23.3 Å². The highest BCUT2D eigenvalue weighted by Gasteiger charge is 2.26. The lowest BCUT2D eigenvalue weighted by molar-refractivity contribution is 0.197. The zero-order chi connectivity index (χ0) is 27.7. The standard InChI is InChI=1S/C28H36ClN9O/c1-16-12-22(31-27-30-14-21(29)25(34-27)32-23-13-18(3)35-36-23)17(2)11-20(16)19-7-9-38(10-8-19)15-24-33-26(39-37-24)28(4,5)6/h11-14,19H,7-10,15H2,1-6H3,(H3,30,31,32,34,35,36). The van der Waals surface area contributed by atoms with Gasteiger partial charge in [-0.2, -0.15) is 15.1 Å². The van der Waals surface area contributed by atoms with Crippen molar-refractivity contribution < 1.29 is 4.52 Å². The van der Waals surface area contributed by atoms with E-state index in [0.29, 0.717) is 34.4 Å². The normalized spacial score (nSPS) is 15.1. The van der Waals surface area contributed by atoms with Gasteiger partial charge in [-0.15, -0.1) is 0 Å². The average molecular weight is 550 g/mol. The van der Waals surface area contributed by atoms with Crippen molar-refractivity contribution in [2.45, 2.75) is 72.3 Å². The lowest BCUT2D eigenvalue weighted by atomic mass is 9.85. The van der Waals surface area contributed by atoms with Gasteiger partial charge in [-0.3, -0.25) is 10.00 Å². The number of hydrogen-bond acceptors (Lipinski definition) is 9. The summed E-state index contributed by atoms with van der Waals surface area (Å²) in [6.07, 6.45) is 3.78. The van der Waals surface area contributed by atoms with Gasteiger partial charge in [0.1, 0.15) is 5.02 Å². The average Bonchev–Trinajstić information content (AvgIpc) is 3.53. The van der Waals surface area contributed by atoms with E-state index in [1.165, 1.54) is 11.1 Å². The number of halogens is 1. The Labute approximate surface area is 234 Å². The third-order valence-electron chi connectivity index (χ3n) is 7.06. The van der Waals surface area contributed by atoms with E-state index in [2.05, 4.69) is 92.6 Å². The second-order valence-corrected chi connectivity index (χ2v) is 11.8. The van der Waals surface area contributed by atoms with E-state index in [9.17, 15) is 0 Å². The summed E-state index contributed by atoms with van der Waals surface area (Å²) < 4.78 is 5.47. The van der Waals surface area contributed by atoms with Gasteiger partial charge in [0, 0.05) is 22.9 Å². The molecule has 3 aromatic heterocycles. The van der Waals surface area contributed by atoms with Crippen LogP contribution in [0.25, 0.3) is 0 Å². The van der Waals surface area contributed by atoms with Crippen molar-refractivity contribution in [3.05, 3.63) is 63.5 Å². The Morgan fingerprint density at radius 3 is 2.49 bits per heavy atom. The van der Waals surface area contributed by atoms with E-state index in [1.807, 2.05) is 13.0 Å². The number of benzene rings is 1. The molecule has 0 saturated carbocycles. The van der Waals surface area contributed by atoms with Gasteiger partial charge < -0.3 is 15.2 Å². The molecule has 206 valence electrons. The van der Waals surface area contributed by atoms with Crippen LogP contribution >= 0.6 is 11.6 Å². The molecule has 4 aromatic rings. The number of aromatic amines is 1. The zero-order valence-corrected chi connectivity index (χ0v) is 24.1. The van der Waals surface area contributed by atoms with E-state index >= 15 is 0 Å². The van der Waals surface area contributed by atoms with Crippen molar-refractivity contribution in [1.29, 1.82) is 0 Å². The first kappa shape index (κ1) is 27.1. The summed E-state index contributed by atoms with van der Waals surface area (Å²) in [6, 6.07) is 6.37. The number of aryl methyl sites for hydroxylation is 3. The number of rotatable bonds is 7. The van der Waals surface area contributed by atoms with Gasteiger partial charge in [0.15, 0.2) is 17.5 Å². The molecule has 0 amide bonds. The molecule has 0 radical (unpaired) electrons. The van der Waals surface area contributed by atoms with E-state index in [1.54, 1.807) is 6.20 Å². The van der Waals surface area contributed by atoms with Crippen LogP contribution < -0.4 is 10.6 Å². The van der Waals surface area contributed by atoms with Crippen LogP contribution in [0.3, 0.4) is 0 Å². The highest BCUT2D eigenvalue weighted by molar-refractivity contribution is 6.32. The predicted molar refractivity (Wildman–Crippen MR) is 153 cm³/mol. The van der Waals surface area contributed by atoms with Crippen LogP contribution in [0.15, 0.2) is 28.9 Å². The van der Waals surface area contributed by atoms with Crippen molar-refractivity contribution >= 4 is 34.9 Å². The molecule has 1 fully saturated rings. The summed E-state index contributed by atoms with van der Waals surface area (Å²) in [4.78, 5) is 16.0. The van der Waals surface area contributed by atoms with Crippen LogP contribution in [-0.4, -0.2) is 48.3 Å². The fraction of sp³-hybridized carbons (Fsp3) is 0.464. The number of likely N-dealkylation sites (tertiary alicyclic amines) is 1. The maximum Gasteiger partial charge on any atom is 0.232 e. The fourth-order valence-electron chi connectivity index (χ4n) is 4.88. The molecule has 1 saturated heterocycles. The molecule has 0 unspecified atom stereocenters. The molecular weight excluding hydrogens is 514 g/mol. The number of nitrogens with one attached hydrogen (secondary N) is 3. The molecule has 0 spiro atoms. The molecule has 1 aliphatic heterocycles. The highest BCUT2D eigenvalue weighted by Crippen LogP contribution is 2.34. The van der Waals surface area contributed by atoms with E-state index < -0.39 is 0 Å². The minimum Gasteiger partial charge on any atom is -0.339 e. The number of aromatic nitrogens is 6. The van der Waals surface area contributed by atoms with E-state index in [0.717, 1.165) is 55.2 Å². The zero-order valence-electron chi connectivity index (χ0n) is 23.4. The molecule has 11 heteroatoms. The van der Waals surface area contributed by atoms with Crippen LogP contribution in [0.1, 0.15) is 73.6 Å². The van der Waals surface area contributed by atoms with Crippen LogP contribution in [0, 0.1) is 20.8 Å². The van der Waals surface area contributed by atoms with Crippen LogP contribution in [0.5, 0.6) is 0 Å². The largest absolute Gasteiger partial charge is 0.339 e. The first-order valence-corrected chi connectivity index (χ1v) is 13.7. The third kappa shape index (κ3) is 6.39. The molecule has 0 aliphatic carbocycles. The van der Waals surface area contributed by atoms with Gasteiger partial charge >= 0.3 is 0 Å². The molecule has 4 heterocycles. The second kappa shape index (κ2) is 10.9. The van der Waals surface area contributed by atoms with Gasteiger partial charge in [0.25, 0.3) is 0 Å². The molecule has 39 heavy (non-hydrogen) atoms. The molecule has 5 rings (SSSR count). The molecule has 1 aromatic carbocycles. The molecule has 1 aliphatic rings. The van der Waals surface area contributed by atoms with E-state index in [4.69, 9.17) is 16.1 Å². The minimum absolute atomic E-state index is 0.132. The topological polar surface area (TPSA) is 121 Å². The number of hydrogen-bond donors (Lipinski definition) is 3. The lowest BCUT2D eigenvalue weighted by Crippen LogP contribution is -2.33. The van der Waals surface area contributed by atoms with Crippen LogP contribution in [-0.2, 0) is 12.0 Å². The molecular formula is C28H36ClN9O. The maximum atomic E-state index is 6.33. The molecule has 0 atom stereocenters. The van der Waals surface area contributed by atoms with Gasteiger partial charge in [0.2, 0.25) is 11.8 Å². The second-order valence-electron chi connectivity index (χ2n) is 11.4. The molecule has 10 nitrogen and oxygen atoms in total. The summed E-state index contributed by atoms with van der Waals surface area (Å²) in [6.45, 7) is 15.2. The summed E-state index contributed by atoms with van der Waals surface area (Å²) in [5.41, 5.74) is 5.60. The number of anilines is 4. The molecule has 0 bridgehead atoms. The Bertz CT molecular complexity index is 1450. The maximum absolute atomic E-state index is 6.33. The minimum atomic E-state index is -0.132. The summed E-state index contributed by atoms with van der Waals surface area (Å²) in [5.74, 6) is 3.58. The van der Waals surface area contributed by atoms with Crippen molar-refractivity contribution in [1.82, 2.24) is 35.2 Å². The van der Waals surface area contributed by atoms with Gasteiger partial charge in [-0.1, -0.05) is 43.6 Å². The number of nitrogens with zero attached hydrogens (tertiary/aromatic N) is 6. The smallest absolute Gasteiger partial charge is 0.232 e. The third-order valence-corrected chi connectivity index (χ3v) is 7.33. The summed E-state index contributed by atoms with van der Waals surface area (Å²) >= 11 is 6.33. The monoisotopic (exact) mass is 549 g/mol. The van der Waals surface area contributed by atoms with Crippen molar-refractivity contribution in [2.75, 3.05) is 23.7 Å². The van der Waals surface area contributed by atoms with Crippen LogP contribution in [0.2, 0.25) is 5.02 Å². The number of H-pyrrole nitrogens is 1. The van der Waals surface area contributed by atoms with Crippen molar-refractivity contribution in [3.63, 3.8) is 0 Å². The lowest BCUT2D eigenvalue weighted by Gasteiger charge is -2.32. The Morgan fingerprint density at radius 1 is 1.05 bits per heavy atom. The quantitative estimate of drug-likeness (QED) is 0.243. The van der Waals surface area contributed by atoms with E-state index in [-0.39, 0.29) is 5.41 Å². The Hall–Kier alpha value is -3.50. The summed E-state index contributed by atoms with van der Waals surface area (Å²) in [7, 11) is 0. The number of piperidine rings is 1. The van der Waals surface area contributed by atoms with Gasteiger partial charge in [-0.25, -0.2) is 4.98 Å². The highest BCUT2D eigenvalue weighted by atomic mass is 35.5. The summed E-state index contributed by atoms with van der Waals surface area (Å²) in [5, 5.41) is 18.2. The fourth-order valence-corrected chi connectivity index (χ4v) is 5.02. The Balaban J connectivity index is 1.22. The Morgan fingerprint density at radius 2 is 1.82 bits per heavy atom. The molecule has 3 N–H and O–H groups in total. The first-order valence-electron chi connectivity index (χ1n) is 13.3. The predicted octanol–water partition coefficient (Wildman–Crippen LogP) is 6.33. The van der Waals surface area contributed by atoms with Crippen molar-refractivity contribution in [2.24, 2.45) is 0 Å².